The van der Waals surface area contributed by atoms with E-state index < -0.39 is 0 Å². The molecule has 2 nitrogen and oxygen atoms in total. The van der Waals surface area contributed by atoms with Crippen LogP contribution in [0.5, 0.6) is 0 Å². The first-order valence-electron chi connectivity index (χ1n) is 6.06. The topological polar surface area (TPSA) is 15.3 Å². The molecule has 1 saturated heterocycles. The summed E-state index contributed by atoms with van der Waals surface area (Å²) < 4.78 is 0. The Balaban J connectivity index is 1.67. The third-order valence-electron chi connectivity index (χ3n) is 2.85. The van der Waals surface area contributed by atoms with Crippen molar-refractivity contribution >= 4 is 11.8 Å². The van der Waals surface area contributed by atoms with Gasteiger partial charge in [-0.05, 0) is 31.6 Å². The minimum absolute atomic E-state index is 1.15. The maximum Gasteiger partial charge on any atom is 0.0108 e. The molecule has 1 aliphatic rings. The van der Waals surface area contributed by atoms with Crippen LogP contribution in [0.2, 0.25) is 0 Å². The third-order valence-corrected chi connectivity index (χ3v) is 3.84. The molecule has 2 rings (SSSR count). The fraction of sp³-hybridized carbons (Fsp3) is 0.538. The van der Waals surface area contributed by atoms with Crippen molar-refractivity contribution in [3.63, 3.8) is 0 Å². The first kappa shape index (κ1) is 12.0. The number of nitrogens with zero attached hydrogens (tertiary/aromatic N) is 1. The SMILES string of the molecule is c1ccc(SCCN2CCCNCC2)cc1. The minimum Gasteiger partial charge on any atom is -0.315 e. The van der Waals surface area contributed by atoms with Crippen molar-refractivity contribution in [1.82, 2.24) is 10.2 Å². The minimum atomic E-state index is 1.15. The van der Waals surface area contributed by atoms with Crippen LogP contribution in [0.25, 0.3) is 0 Å². The highest BCUT2D eigenvalue weighted by molar-refractivity contribution is 7.99. The average Bonchev–Trinajstić information content (AvgIpc) is 2.59. The molecular formula is C13H20N2S. The zero-order valence-corrected chi connectivity index (χ0v) is 10.5. The van der Waals surface area contributed by atoms with E-state index in [4.69, 9.17) is 0 Å². The van der Waals surface area contributed by atoms with Crippen LogP contribution in [0.4, 0.5) is 0 Å². The highest BCUT2D eigenvalue weighted by Crippen LogP contribution is 2.16. The summed E-state index contributed by atoms with van der Waals surface area (Å²) in [5, 5.41) is 3.44. The van der Waals surface area contributed by atoms with Gasteiger partial charge >= 0.3 is 0 Å². The van der Waals surface area contributed by atoms with Gasteiger partial charge in [0.15, 0.2) is 0 Å². The highest BCUT2D eigenvalue weighted by Gasteiger charge is 2.07. The van der Waals surface area contributed by atoms with E-state index in [0.717, 1.165) is 6.54 Å². The van der Waals surface area contributed by atoms with Crippen molar-refractivity contribution in [2.45, 2.75) is 11.3 Å². The van der Waals surface area contributed by atoms with E-state index >= 15 is 0 Å². The Morgan fingerprint density at radius 2 is 2.00 bits per heavy atom. The number of hydrogen-bond acceptors (Lipinski definition) is 3. The summed E-state index contributed by atoms with van der Waals surface area (Å²) in [6.07, 6.45) is 1.29. The van der Waals surface area contributed by atoms with Gasteiger partial charge in [-0.1, -0.05) is 18.2 Å². The Hall–Kier alpha value is -0.510. The Labute approximate surface area is 102 Å². The van der Waals surface area contributed by atoms with E-state index in [1.165, 1.54) is 43.2 Å². The zero-order chi connectivity index (χ0) is 11.1. The lowest BCUT2D eigenvalue weighted by Gasteiger charge is -2.18. The van der Waals surface area contributed by atoms with Gasteiger partial charge in [0.2, 0.25) is 0 Å². The molecule has 1 fully saturated rings. The lowest BCUT2D eigenvalue weighted by Crippen LogP contribution is -2.30. The van der Waals surface area contributed by atoms with Gasteiger partial charge in [-0.25, -0.2) is 0 Å². The van der Waals surface area contributed by atoms with E-state index in [9.17, 15) is 0 Å². The lowest BCUT2D eigenvalue weighted by molar-refractivity contribution is 0.311. The first-order valence-corrected chi connectivity index (χ1v) is 7.04. The molecule has 3 heteroatoms. The van der Waals surface area contributed by atoms with Gasteiger partial charge in [0.05, 0.1) is 0 Å². The van der Waals surface area contributed by atoms with Gasteiger partial charge in [-0.2, -0.15) is 0 Å². The van der Waals surface area contributed by atoms with E-state index in [1.54, 1.807) is 0 Å². The molecule has 88 valence electrons. The van der Waals surface area contributed by atoms with Crippen LogP contribution < -0.4 is 5.32 Å². The van der Waals surface area contributed by atoms with Gasteiger partial charge in [0.25, 0.3) is 0 Å². The molecule has 16 heavy (non-hydrogen) atoms. The number of benzene rings is 1. The quantitative estimate of drug-likeness (QED) is 0.806. The molecule has 0 saturated carbocycles. The number of thioether (sulfide) groups is 1. The zero-order valence-electron chi connectivity index (χ0n) is 9.69. The van der Waals surface area contributed by atoms with Gasteiger partial charge in [0.1, 0.15) is 0 Å². The van der Waals surface area contributed by atoms with Gasteiger partial charge in [0, 0.05) is 30.3 Å². The molecule has 0 atom stereocenters. The molecule has 0 amide bonds. The Bertz CT molecular complexity index is 281. The Morgan fingerprint density at radius 3 is 2.88 bits per heavy atom. The molecule has 0 spiro atoms. The smallest absolute Gasteiger partial charge is 0.0108 e. The number of nitrogens with one attached hydrogen (secondary N) is 1. The average molecular weight is 236 g/mol. The summed E-state index contributed by atoms with van der Waals surface area (Å²) in [6, 6.07) is 10.7. The first-order chi connectivity index (χ1) is 7.95. The van der Waals surface area contributed by atoms with Gasteiger partial charge in [-0.3, -0.25) is 0 Å². The fourth-order valence-corrected chi connectivity index (χ4v) is 2.87. The van der Waals surface area contributed by atoms with Crippen LogP contribution in [0.1, 0.15) is 6.42 Å². The standard InChI is InChI=1S/C13H20N2S/c1-2-5-13(6-3-1)16-12-11-15-9-4-7-14-8-10-15/h1-3,5-6,14H,4,7-12H2. The number of hydrogen-bond donors (Lipinski definition) is 1. The third kappa shape index (κ3) is 4.16. The van der Waals surface area contributed by atoms with Crippen LogP contribution >= 0.6 is 11.8 Å². The molecule has 0 radical (unpaired) electrons. The van der Waals surface area contributed by atoms with Gasteiger partial charge in [-0.15, -0.1) is 11.8 Å². The molecule has 1 aromatic rings. The molecule has 0 aromatic heterocycles. The summed E-state index contributed by atoms with van der Waals surface area (Å²) in [7, 11) is 0. The Morgan fingerprint density at radius 1 is 1.12 bits per heavy atom. The largest absolute Gasteiger partial charge is 0.315 e. The van der Waals surface area contributed by atoms with Crippen LogP contribution in [0.3, 0.4) is 0 Å². The van der Waals surface area contributed by atoms with Crippen LogP contribution in [0, 0.1) is 0 Å². The van der Waals surface area contributed by atoms with Crippen molar-refractivity contribution in [2.24, 2.45) is 0 Å². The van der Waals surface area contributed by atoms with Crippen molar-refractivity contribution in [2.75, 3.05) is 38.5 Å². The van der Waals surface area contributed by atoms with Crippen LogP contribution in [-0.4, -0.2) is 43.4 Å². The van der Waals surface area contributed by atoms with Crippen molar-refractivity contribution in [1.29, 1.82) is 0 Å². The van der Waals surface area contributed by atoms with Gasteiger partial charge < -0.3 is 10.2 Å². The lowest BCUT2D eigenvalue weighted by atomic mass is 10.4. The van der Waals surface area contributed by atoms with E-state index in [-0.39, 0.29) is 0 Å². The van der Waals surface area contributed by atoms with Crippen molar-refractivity contribution in [3.8, 4) is 0 Å². The van der Waals surface area contributed by atoms with Crippen molar-refractivity contribution < 1.29 is 0 Å². The summed E-state index contributed by atoms with van der Waals surface area (Å²) in [5.41, 5.74) is 0. The molecule has 1 aromatic carbocycles. The molecular weight excluding hydrogens is 216 g/mol. The monoisotopic (exact) mass is 236 g/mol. The fourth-order valence-electron chi connectivity index (χ4n) is 1.93. The summed E-state index contributed by atoms with van der Waals surface area (Å²) in [5.74, 6) is 1.20. The molecule has 1 aliphatic heterocycles. The predicted molar refractivity (Wildman–Crippen MR) is 71.1 cm³/mol. The maximum atomic E-state index is 3.44. The number of rotatable bonds is 4. The molecule has 1 N–H and O–H groups in total. The van der Waals surface area contributed by atoms with E-state index in [0.29, 0.717) is 0 Å². The summed E-state index contributed by atoms with van der Waals surface area (Å²) in [6.45, 7) is 6.00. The highest BCUT2D eigenvalue weighted by atomic mass is 32.2. The summed E-state index contributed by atoms with van der Waals surface area (Å²) in [4.78, 5) is 3.95. The predicted octanol–water partition coefficient (Wildman–Crippen LogP) is 2.07. The second kappa shape index (κ2) is 6.94. The molecule has 0 unspecified atom stereocenters. The molecule has 0 aliphatic carbocycles. The van der Waals surface area contributed by atoms with Crippen LogP contribution in [0.15, 0.2) is 35.2 Å². The second-order valence-corrected chi connectivity index (χ2v) is 5.28. The second-order valence-electron chi connectivity index (χ2n) is 4.11. The maximum absolute atomic E-state index is 3.44. The summed E-state index contributed by atoms with van der Waals surface area (Å²) >= 11 is 1.96. The van der Waals surface area contributed by atoms with Crippen LogP contribution in [-0.2, 0) is 0 Å². The van der Waals surface area contributed by atoms with E-state index in [2.05, 4.69) is 40.5 Å². The van der Waals surface area contributed by atoms with Crippen molar-refractivity contribution in [3.05, 3.63) is 30.3 Å². The molecule has 1 heterocycles. The normalized spacial score (nSPS) is 18.2. The molecule has 0 bridgehead atoms. The van der Waals surface area contributed by atoms with E-state index in [1.807, 2.05) is 11.8 Å². The Kier molecular flexibility index (Phi) is 5.19.